The van der Waals surface area contributed by atoms with Crippen molar-refractivity contribution in [1.82, 2.24) is 0 Å². The zero-order chi connectivity index (χ0) is 48.8. The molecule has 0 radical (unpaired) electrons. The minimum atomic E-state index is -1.74. The molecule has 382 valence electrons. The fourth-order valence-corrected chi connectivity index (χ4v) is 14.9. The van der Waals surface area contributed by atoms with Gasteiger partial charge in [-0.05, 0) is 124 Å². The summed E-state index contributed by atoms with van der Waals surface area (Å²) in [5.41, 5.74) is -2.40. The molecule has 4 saturated carbocycles. The molecular weight excluding hydrogens is 865 g/mol. The summed E-state index contributed by atoms with van der Waals surface area (Å²) in [6, 6.07) is 0. The Labute approximate surface area is 388 Å². The first-order valence-corrected chi connectivity index (χ1v) is 24.3. The van der Waals surface area contributed by atoms with Crippen LogP contribution in [0.5, 0.6) is 0 Å². The molecule has 66 heavy (non-hydrogen) atoms. The van der Waals surface area contributed by atoms with Crippen LogP contribution < -0.4 is 0 Å². The Morgan fingerprint density at radius 2 is 1.26 bits per heavy atom. The molecular formula is C48H82O18. The highest BCUT2D eigenvalue weighted by Gasteiger charge is 2.74. The molecule has 3 saturated heterocycles. The number of fused-ring (bicyclic) bond motifs is 5. The van der Waals surface area contributed by atoms with Crippen LogP contribution in [-0.2, 0) is 28.4 Å². The minimum absolute atomic E-state index is 0.0659. The second kappa shape index (κ2) is 19.2. The van der Waals surface area contributed by atoms with Gasteiger partial charge in [0.25, 0.3) is 0 Å². The normalized spacial score (nSPS) is 53.5. The summed E-state index contributed by atoms with van der Waals surface area (Å²) in [6.45, 7) is 16.8. The Balaban J connectivity index is 1.26. The predicted molar refractivity (Wildman–Crippen MR) is 234 cm³/mol. The lowest BCUT2D eigenvalue weighted by atomic mass is 9.34. The van der Waals surface area contributed by atoms with Gasteiger partial charge in [0.05, 0.1) is 43.2 Å². The van der Waals surface area contributed by atoms with Gasteiger partial charge in [-0.1, -0.05) is 46.3 Å². The van der Waals surface area contributed by atoms with E-state index in [1.165, 1.54) is 6.92 Å². The Morgan fingerprint density at radius 3 is 1.86 bits per heavy atom. The smallest absolute Gasteiger partial charge is 0.187 e. The fraction of sp³-hybridized carbons (Fsp3) is 0.958. The zero-order valence-corrected chi connectivity index (χ0v) is 40.2. The predicted octanol–water partition coefficient (Wildman–Crippen LogP) is -0.0284. The fourth-order valence-electron chi connectivity index (χ4n) is 14.9. The number of aliphatic hydroxyl groups is 12. The van der Waals surface area contributed by atoms with E-state index in [-0.39, 0.29) is 17.8 Å². The van der Waals surface area contributed by atoms with Gasteiger partial charge in [-0.2, -0.15) is 0 Å². The van der Waals surface area contributed by atoms with Crippen LogP contribution in [0.3, 0.4) is 0 Å². The highest BCUT2D eigenvalue weighted by atomic mass is 16.8. The van der Waals surface area contributed by atoms with Crippen molar-refractivity contribution in [2.75, 3.05) is 13.2 Å². The Bertz CT molecular complexity index is 1700. The Kier molecular flexibility index (Phi) is 15.4. The van der Waals surface area contributed by atoms with Crippen molar-refractivity contribution in [3.05, 3.63) is 11.6 Å². The summed E-state index contributed by atoms with van der Waals surface area (Å²) >= 11 is 0. The van der Waals surface area contributed by atoms with Crippen molar-refractivity contribution in [1.29, 1.82) is 0 Å². The van der Waals surface area contributed by atoms with E-state index < -0.39 is 157 Å². The second-order valence-electron chi connectivity index (χ2n) is 23.0. The number of hydrogen-bond acceptors (Lipinski definition) is 18. The van der Waals surface area contributed by atoms with Gasteiger partial charge in [0.2, 0.25) is 0 Å². The van der Waals surface area contributed by atoms with Gasteiger partial charge in [0.1, 0.15) is 67.1 Å². The van der Waals surface area contributed by atoms with Crippen LogP contribution in [0.4, 0.5) is 0 Å². The van der Waals surface area contributed by atoms with Crippen LogP contribution in [0.2, 0.25) is 0 Å². The maximum atomic E-state index is 12.8. The van der Waals surface area contributed by atoms with E-state index in [1.807, 2.05) is 34.6 Å². The number of ether oxygens (including phenoxy) is 6. The van der Waals surface area contributed by atoms with Gasteiger partial charge in [-0.3, -0.25) is 0 Å². The number of aliphatic hydroxyl groups excluding tert-OH is 12. The van der Waals surface area contributed by atoms with Crippen molar-refractivity contribution in [2.45, 2.75) is 230 Å². The summed E-state index contributed by atoms with van der Waals surface area (Å²) in [5, 5.41) is 132. The molecule has 0 aromatic rings. The Morgan fingerprint density at radius 1 is 0.682 bits per heavy atom. The average Bonchev–Trinajstić information content (AvgIpc) is 3.64. The summed E-state index contributed by atoms with van der Waals surface area (Å²) < 4.78 is 38.0. The first kappa shape index (κ1) is 52.8. The van der Waals surface area contributed by atoms with Crippen molar-refractivity contribution in [2.24, 2.45) is 45.3 Å². The second-order valence-corrected chi connectivity index (χ2v) is 23.0. The van der Waals surface area contributed by atoms with Gasteiger partial charge < -0.3 is 89.7 Å². The molecule has 0 aromatic heterocycles. The van der Waals surface area contributed by atoms with Gasteiger partial charge in [0.15, 0.2) is 18.9 Å². The Hall–Kier alpha value is -0.980. The van der Waals surface area contributed by atoms with E-state index in [2.05, 4.69) is 26.8 Å². The van der Waals surface area contributed by atoms with Crippen molar-refractivity contribution >= 4 is 0 Å². The maximum absolute atomic E-state index is 12.8. The topological polar surface area (TPSA) is 298 Å². The molecule has 0 aromatic carbocycles. The van der Waals surface area contributed by atoms with Crippen LogP contribution in [0.15, 0.2) is 11.6 Å². The third kappa shape index (κ3) is 8.69. The molecule has 26 atom stereocenters. The molecule has 7 rings (SSSR count). The highest BCUT2D eigenvalue weighted by molar-refractivity contribution is 5.22. The molecule has 3 aliphatic heterocycles. The highest BCUT2D eigenvalue weighted by Crippen LogP contribution is 2.76. The molecule has 7 aliphatic rings. The van der Waals surface area contributed by atoms with Crippen LogP contribution in [-0.4, -0.2) is 191 Å². The largest absolute Gasteiger partial charge is 0.394 e. The van der Waals surface area contributed by atoms with E-state index >= 15 is 0 Å². The van der Waals surface area contributed by atoms with Crippen molar-refractivity contribution in [3.8, 4) is 0 Å². The summed E-state index contributed by atoms with van der Waals surface area (Å²) in [6.07, 6.45) is -18.3. The van der Waals surface area contributed by atoms with Gasteiger partial charge in [-0.25, -0.2) is 0 Å². The van der Waals surface area contributed by atoms with E-state index in [1.54, 1.807) is 0 Å². The molecule has 12 N–H and O–H groups in total. The number of hydrogen-bond donors (Lipinski definition) is 12. The third-order valence-corrected chi connectivity index (χ3v) is 18.7. The standard InChI is InChI=1S/C48H82O18/c1-21(2)11-10-14-48(9,66-43-39(36(58)33(55)27(20-50)64-43)65-41-37(59)34(56)31(53)22(3)61-41)23-12-16-46(7)30(23)24(51)17-28-45(6)15-13-29(52)44(4,5)40(45)25(18-47(28,46)8)62-42-38(60)35(57)32(54)26(19-49)63-42/h11,22-43,49-60H,10,12-20H2,1-9H3/t22-,23+,24-,25+,26-,27-,28-,29+,30+,31-,32-,33-,34+,35+,36+,37+,38-,39-,40+,41-,42-,43+,45-,46-,47-,48+/m1/s1. The zero-order valence-electron chi connectivity index (χ0n) is 40.2. The summed E-state index contributed by atoms with van der Waals surface area (Å²) in [4.78, 5) is 0. The van der Waals surface area contributed by atoms with Crippen molar-refractivity contribution < 1.29 is 89.7 Å². The average molecular weight is 947 g/mol. The number of allylic oxidation sites excluding steroid dienone is 2. The van der Waals surface area contributed by atoms with Gasteiger partial charge in [0, 0.05) is 0 Å². The van der Waals surface area contributed by atoms with Crippen LogP contribution >= 0.6 is 0 Å². The molecule has 0 bridgehead atoms. The number of rotatable bonds is 12. The first-order valence-electron chi connectivity index (χ1n) is 24.3. The van der Waals surface area contributed by atoms with Gasteiger partial charge >= 0.3 is 0 Å². The van der Waals surface area contributed by atoms with E-state index in [4.69, 9.17) is 28.4 Å². The molecule has 4 aliphatic carbocycles. The molecule has 18 nitrogen and oxygen atoms in total. The quantitative estimate of drug-likeness (QED) is 0.0904. The van der Waals surface area contributed by atoms with E-state index in [0.717, 1.165) is 5.57 Å². The van der Waals surface area contributed by atoms with Crippen LogP contribution in [0.25, 0.3) is 0 Å². The summed E-state index contributed by atoms with van der Waals surface area (Å²) in [7, 11) is 0. The molecule has 0 amide bonds. The monoisotopic (exact) mass is 947 g/mol. The van der Waals surface area contributed by atoms with Crippen LogP contribution in [0, 0.1) is 45.3 Å². The van der Waals surface area contributed by atoms with E-state index in [0.29, 0.717) is 51.4 Å². The van der Waals surface area contributed by atoms with Crippen LogP contribution in [0.1, 0.15) is 114 Å². The lowest BCUT2D eigenvalue weighted by Crippen LogP contribution is -2.71. The lowest BCUT2D eigenvalue weighted by Gasteiger charge is -2.72. The van der Waals surface area contributed by atoms with Crippen molar-refractivity contribution in [3.63, 3.8) is 0 Å². The lowest BCUT2D eigenvalue weighted by molar-refractivity contribution is -0.380. The molecule has 18 heteroatoms. The molecule has 0 unspecified atom stereocenters. The third-order valence-electron chi connectivity index (χ3n) is 18.7. The van der Waals surface area contributed by atoms with E-state index in [9.17, 15) is 61.3 Å². The molecule has 7 fully saturated rings. The minimum Gasteiger partial charge on any atom is -0.394 e. The van der Waals surface area contributed by atoms with Gasteiger partial charge in [-0.15, -0.1) is 0 Å². The molecule has 3 heterocycles. The molecule has 0 spiro atoms. The summed E-state index contributed by atoms with van der Waals surface area (Å²) in [5.74, 6) is -1.11. The maximum Gasteiger partial charge on any atom is 0.187 e. The first-order chi connectivity index (χ1) is 30.7. The SMILES string of the molecule is CC(C)=CCC[C@](C)(O[C@@H]1O[C@H](CO)[C@@H](O)[C@H](O)[C@H]1O[C@H]1O[C@H](C)[C@@H](O)[C@H](O)[C@@H]1O)[C@H]1CC[C@]2(C)[C@@H]1[C@H](O)C[C@@H]1[C@@]3(C)CC[C@H](O)C(C)(C)[C@@H]3[C@@H](O[C@@H]3O[C@H](CO)[C@@H](O)[C@H](O)[C@H]3O)C[C@]12C.